The third-order valence-corrected chi connectivity index (χ3v) is 3.17. The van der Waals surface area contributed by atoms with Crippen LogP contribution in [0.25, 0.3) is 0 Å². The van der Waals surface area contributed by atoms with E-state index in [-0.39, 0.29) is 13.0 Å². The minimum absolute atomic E-state index is 0.0292. The highest BCUT2D eigenvalue weighted by molar-refractivity contribution is 5.73. The number of rotatable bonds is 7. The van der Waals surface area contributed by atoms with Crippen LogP contribution in [0.5, 0.6) is 11.5 Å². The van der Waals surface area contributed by atoms with Crippen molar-refractivity contribution in [3.05, 3.63) is 23.8 Å². The van der Waals surface area contributed by atoms with E-state index in [2.05, 4.69) is 5.32 Å². The molecule has 0 aliphatic carbocycles. The van der Waals surface area contributed by atoms with Crippen molar-refractivity contribution in [2.24, 2.45) is 5.92 Å². The molecule has 7 nitrogen and oxygen atoms in total. The summed E-state index contributed by atoms with van der Waals surface area (Å²) in [6.07, 6.45) is -0.396. The fraction of sp³-hybridized carbons (Fsp3) is 0.529. The first-order valence-corrected chi connectivity index (χ1v) is 7.57. The minimum Gasteiger partial charge on any atom is -0.493 e. The number of methoxy groups -OCH3 is 2. The minimum atomic E-state index is -0.999. The zero-order valence-electron chi connectivity index (χ0n) is 14.7. The number of carbonyl (C=O) groups is 2. The Balaban J connectivity index is 2.73. The maximum absolute atomic E-state index is 11.7. The number of hydrogen-bond acceptors (Lipinski definition) is 5. The van der Waals surface area contributed by atoms with E-state index in [1.807, 2.05) is 0 Å². The van der Waals surface area contributed by atoms with E-state index >= 15 is 0 Å². The van der Waals surface area contributed by atoms with E-state index in [9.17, 15) is 14.7 Å². The fourth-order valence-corrected chi connectivity index (χ4v) is 2.06. The molecule has 0 spiro atoms. The molecule has 1 atom stereocenters. The normalized spacial score (nSPS) is 12.2. The van der Waals surface area contributed by atoms with E-state index in [0.29, 0.717) is 11.5 Å². The molecular formula is C17H25NO6. The lowest BCUT2D eigenvalue weighted by atomic mass is 9.99. The second-order valence-corrected chi connectivity index (χ2v) is 6.31. The molecule has 1 amide bonds. The van der Waals surface area contributed by atoms with Gasteiger partial charge in [0.05, 0.1) is 20.1 Å². The van der Waals surface area contributed by atoms with Crippen LogP contribution < -0.4 is 14.8 Å². The SMILES string of the molecule is COc1ccc(C[C@@H](CNC(=O)OC(C)(C)C)C(=O)O)cc1OC. The van der Waals surface area contributed by atoms with Crippen molar-refractivity contribution in [2.75, 3.05) is 20.8 Å². The quantitative estimate of drug-likeness (QED) is 0.792. The smallest absolute Gasteiger partial charge is 0.407 e. The Bertz CT molecular complexity index is 579. The molecule has 0 unspecified atom stereocenters. The number of amides is 1. The molecule has 0 aromatic heterocycles. The summed E-state index contributed by atoms with van der Waals surface area (Å²) in [5.41, 5.74) is 0.137. The van der Waals surface area contributed by atoms with Crippen LogP contribution in [0.1, 0.15) is 26.3 Å². The van der Waals surface area contributed by atoms with Gasteiger partial charge in [0.2, 0.25) is 0 Å². The number of nitrogens with one attached hydrogen (secondary N) is 1. The number of benzene rings is 1. The number of alkyl carbamates (subject to hydrolysis) is 1. The molecule has 0 saturated carbocycles. The van der Waals surface area contributed by atoms with Crippen LogP contribution >= 0.6 is 0 Å². The van der Waals surface area contributed by atoms with Gasteiger partial charge in [-0.1, -0.05) is 6.07 Å². The van der Waals surface area contributed by atoms with Crippen LogP contribution in [0.15, 0.2) is 18.2 Å². The zero-order chi connectivity index (χ0) is 18.3. The maximum Gasteiger partial charge on any atom is 0.407 e. The van der Waals surface area contributed by atoms with Gasteiger partial charge in [0, 0.05) is 6.54 Å². The second kappa shape index (κ2) is 8.42. The van der Waals surface area contributed by atoms with Gasteiger partial charge in [-0.3, -0.25) is 4.79 Å². The van der Waals surface area contributed by atoms with E-state index < -0.39 is 23.6 Å². The Morgan fingerprint density at radius 1 is 1.17 bits per heavy atom. The zero-order valence-corrected chi connectivity index (χ0v) is 14.7. The molecule has 1 rings (SSSR count). The summed E-state index contributed by atoms with van der Waals surface area (Å²) >= 11 is 0. The highest BCUT2D eigenvalue weighted by Gasteiger charge is 2.22. The molecule has 0 saturated heterocycles. The number of carboxylic acids is 1. The van der Waals surface area contributed by atoms with Gasteiger partial charge in [0.1, 0.15) is 5.60 Å². The molecule has 0 bridgehead atoms. The molecule has 0 aliphatic heterocycles. The Morgan fingerprint density at radius 3 is 2.29 bits per heavy atom. The van der Waals surface area contributed by atoms with Crippen molar-refractivity contribution in [1.29, 1.82) is 0 Å². The Hall–Kier alpha value is -2.44. The average Bonchev–Trinajstić information content (AvgIpc) is 2.49. The van der Waals surface area contributed by atoms with Crippen LogP contribution in [-0.2, 0) is 16.0 Å². The van der Waals surface area contributed by atoms with Crippen molar-refractivity contribution in [2.45, 2.75) is 32.8 Å². The van der Waals surface area contributed by atoms with Crippen molar-refractivity contribution >= 4 is 12.1 Å². The molecule has 0 fully saturated rings. The van der Waals surface area contributed by atoms with Crippen LogP contribution in [0, 0.1) is 5.92 Å². The Morgan fingerprint density at radius 2 is 1.79 bits per heavy atom. The first-order chi connectivity index (χ1) is 11.2. The van der Waals surface area contributed by atoms with Gasteiger partial charge < -0.3 is 24.6 Å². The third kappa shape index (κ3) is 6.36. The predicted octanol–water partition coefficient (Wildman–Crippen LogP) is 2.47. The van der Waals surface area contributed by atoms with Crippen molar-refractivity contribution in [1.82, 2.24) is 5.32 Å². The maximum atomic E-state index is 11.7. The van der Waals surface area contributed by atoms with Crippen molar-refractivity contribution < 1.29 is 28.9 Å². The number of carbonyl (C=O) groups excluding carboxylic acids is 1. The van der Waals surface area contributed by atoms with Crippen LogP contribution in [0.4, 0.5) is 4.79 Å². The second-order valence-electron chi connectivity index (χ2n) is 6.31. The molecular weight excluding hydrogens is 314 g/mol. The van der Waals surface area contributed by atoms with Crippen LogP contribution in [0.3, 0.4) is 0 Å². The summed E-state index contributed by atoms with van der Waals surface area (Å²) in [6.45, 7) is 5.19. The molecule has 0 heterocycles. The summed E-state index contributed by atoms with van der Waals surface area (Å²) in [5, 5.41) is 11.9. The first-order valence-electron chi connectivity index (χ1n) is 7.57. The molecule has 134 valence electrons. The van der Waals surface area contributed by atoms with Gasteiger partial charge >= 0.3 is 12.1 Å². The monoisotopic (exact) mass is 339 g/mol. The fourth-order valence-electron chi connectivity index (χ4n) is 2.06. The number of hydrogen-bond donors (Lipinski definition) is 2. The standard InChI is InChI=1S/C17H25NO6/c1-17(2,3)24-16(21)18-10-12(15(19)20)8-11-6-7-13(22-4)14(9-11)23-5/h6-7,9,12H,8,10H2,1-5H3,(H,18,21)(H,19,20)/t12-/m0/s1. The van der Waals surface area contributed by atoms with Gasteiger partial charge in [-0.25, -0.2) is 4.79 Å². The van der Waals surface area contributed by atoms with Gasteiger partial charge in [0.25, 0.3) is 0 Å². The lowest BCUT2D eigenvalue weighted by molar-refractivity contribution is -0.141. The Labute approximate surface area is 141 Å². The third-order valence-electron chi connectivity index (χ3n) is 3.17. The molecule has 7 heteroatoms. The predicted molar refractivity (Wildman–Crippen MR) is 88.6 cm³/mol. The number of aliphatic carboxylic acids is 1. The first kappa shape index (κ1) is 19.6. The van der Waals surface area contributed by atoms with E-state index in [1.165, 1.54) is 14.2 Å². The van der Waals surface area contributed by atoms with Gasteiger partial charge in [-0.2, -0.15) is 0 Å². The molecule has 24 heavy (non-hydrogen) atoms. The summed E-state index contributed by atoms with van der Waals surface area (Å²) in [7, 11) is 3.04. The summed E-state index contributed by atoms with van der Waals surface area (Å²) in [4.78, 5) is 23.1. The summed E-state index contributed by atoms with van der Waals surface area (Å²) in [5.74, 6) is -0.685. The van der Waals surface area contributed by atoms with Gasteiger partial charge in [-0.15, -0.1) is 0 Å². The van der Waals surface area contributed by atoms with Crippen LogP contribution in [0.2, 0.25) is 0 Å². The van der Waals surface area contributed by atoms with E-state index in [0.717, 1.165) is 5.56 Å². The van der Waals surface area contributed by atoms with Crippen molar-refractivity contribution in [3.8, 4) is 11.5 Å². The topological polar surface area (TPSA) is 94.1 Å². The summed E-state index contributed by atoms with van der Waals surface area (Å²) < 4.78 is 15.5. The molecule has 0 aliphatic rings. The molecule has 1 aromatic carbocycles. The van der Waals surface area contributed by atoms with E-state index in [4.69, 9.17) is 14.2 Å². The lowest BCUT2D eigenvalue weighted by Crippen LogP contribution is -2.37. The molecule has 2 N–H and O–H groups in total. The highest BCUT2D eigenvalue weighted by atomic mass is 16.6. The highest BCUT2D eigenvalue weighted by Crippen LogP contribution is 2.28. The van der Waals surface area contributed by atoms with Gasteiger partial charge in [-0.05, 0) is 44.9 Å². The summed E-state index contributed by atoms with van der Waals surface area (Å²) in [6, 6.07) is 5.21. The number of carboxylic acid groups (broad SMARTS) is 1. The largest absolute Gasteiger partial charge is 0.493 e. The lowest BCUT2D eigenvalue weighted by Gasteiger charge is -2.21. The van der Waals surface area contributed by atoms with Gasteiger partial charge in [0.15, 0.2) is 11.5 Å². The average molecular weight is 339 g/mol. The number of ether oxygens (including phenoxy) is 3. The molecule has 0 radical (unpaired) electrons. The van der Waals surface area contributed by atoms with Crippen molar-refractivity contribution in [3.63, 3.8) is 0 Å². The van der Waals surface area contributed by atoms with E-state index in [1.54, 1.807) is 39.0 Å². The molecule has 1 aromatic rings. The Kier molecular flexibility index (Phi) is 6.88. The van der Waals surface area contributed by atoms with Crippen LogP contribution in [-0.4, -0.2) is 43.5 Å².